The lowest BCUT2D eigenvalue weighted by atomic mass is 9.87. The number of carbonyl (C=O) groups is 2. The molecule has 1 amide bonds. The number of fused-ring (bicyclic) bond motifs is 1. The van der Waals surface area contributed by atoms with E-state index in [1.807, 2.05) is 18.2 Å². The highest BCUT2D eigenvalue weighted by Crippen LogP contribution is 2.33. The Morgan fingerprint density at radius 3 is 2.51 bits per heavy atom. The van der Waals surface area contributed by atoms with Gasteiger partial charge in [0, 0.05) is 18.0 Å². The molecule has 2 aromatic carbocycles. The maximum absolute atomic E-state index is 12.8. The van der Waals surface area contributed by atoms with Crippen molar-refractivity contribution < 1.29 is 19.1 Å². The normalized spacial score (nSPS) is 16.1. The molecular weight excluding hydrogens is 514 g/mol. The van der Waals surface area contributed by atoms with Gasteiger partial charge in [-0.25, -0.2) is 4.79 Å². The van der Waals surface area contributed by atoms with Gasteiger partial charge < -0.3 is 9.47 Å². The monoisotopic (exact) mass is 539 g/mol. The summed E-state index contributed by atoms with van der Waals surface area (Å²) in [5, 5.41) is 15.3. The predicted octanol–water partition coefficient (Wildman–Crippen LogP) is 5.27. The minimum absolute atomic E-state index is 0.0272. The zero-order valence-corrected chi connectivity index (χ0v) is 22.6. The highest BCUT2D eigenvalue weighted by atomic mass is 32.2. The van der Waals surface area contributed by atoms with Gasteiger partial charge in [0.15, 0.2) is 17.3 Å². The Bertz CT molecular complexity index is 1570. The number of ether oxygens (including phenoxy) is 2. The first-order chi connectivity index (χ1) is 18.6. The van der Waals surface area contributed by atoms with Gasteiger partial charge in [-0.15, -0.1) is 0 Å². The van der Waals surface area contributed by atoms with Crippen molar-refractivity contribution in [1.82, 2.24) is 9.99 Å². The third-order valence-corrected chi connectivity index (χ3v) is 7.01. The number of thioether (sulfide) groups is 1. The fourth-order valence-corrected chi connectivity index (χ4v) is 4.77. The molecule has 0 bridgehead atoms. The molecule has 3 heterocycles. The summed E-state index contributed by atoms with van der Waals surface area (Å²) in [6.07, 6.45) is 4.85. The van der Waals surface area contributed by atoms with E-state index in [-0.39, 0.29) is 22.6 Å². The lowest BCUT2D eigenvalue weighted by Crippen LogP contribution is -2.35. The first-order valence-electron chi connectivity index (χ1n) is 12.1. The zero-order valence-electron chi connectivity index (χ0n) is 21.8. The van der Waals surface area contributed by atoms with E-state index in [9.17, 15) is 9.59 Å². The number of rotatable bonds is 5. The van der Waals surface area contributed by atoms with Crippen LogP contribution in [0.15, 0.2) is 82.7 Å². The standard InChI is InChI=1S/C29H25N5O4S/c1-29(2,3)20-10-8-18(9-11-20)27(36)38-22-12-7-17(15-23(22)37-4)14-21-24(30)34-28(32-25(21)35)39-26(33-34)19-6-5-13-31-16-19/h5-16,30H,1-4H3/b21-14-,30-24?. The summed E-state index contributed by atoms with van der Waals surface area (Å²) in [5.74, 6) is -0.618. The molecule has 1 aromatic heterocycles. The first-order valence-corrected chi connectivity index (χ1v) is 12.9. The van der Waals surface area contributed by atoms with Crippen LogP contribution in [0.3, 0.4) is 0 Å². The molecule has 0 saturated carbocycles. The van der Waals surface area contributed by atoms with Crippen molar-refractivity contribution in [3.8, 4) is 11.5 Å². The molecule has 9 nitrogen and oxygen atoms in total. The molecule has 0 saturated heterocycles. The number of amides is 1. The van der Waals surface area contributed by atoms with Crippen molar-refractivity contribution >= 4 is 45.8 Å². The second-order valence-corrected chi connectivity index (χ2v) is 10.8. The first kappa shape index (κ1) is 26.1. The third kappa shape index (κ3) is 5.37. The Hall–Kier alpha value is -4.57. The van der Waals surface area contributed by atoms with Gasteiger partial charge >= 0.3 is 5.97 Å². The number of nitrogens with zero attached hydrogens (tertiary/aromatic N) is 4. The number of aliphatic imine (C=N–C) groups is 1. The highest BCUT2D eigenvalue weighted by Gasteiger charge is 2.36. The van der Waals surface area contributed by atoms with Crippen molar-refractivity contribution in [1.29, 1.82) is 5.41 Å². The minimum Gasteiger partial charge on any atom is -0.493 e. The van der Waals surface area contributed by atoms with Crippen LogP contribution in [0.4, 0.5) is 0 Å². The zero-order chi connectivity index (χ0) is 27.7. The molecule has 2 aliphatic heterocycles. The minimum atomic E-state index is -0.547. The van der Waals surface area contributed by atoms with Gasteiger partial charge in [-0.05, 0) is 70.8 Å². The van der Waals surface area contributed by atoms with Crippen molar-refractivity contribution in [2.45, 2.75) is 26.2 Å². The quantitative estimate of drug-likeness (QED) is 0.266. The molecule has 0 aliphatic carbocycles. The van der Waals surface area contributed by atoms with Gasteiger partial charge in [0.2, 0.25) is 5.17 Å². The van der Waals surface area contributed by atoms with Crippen LogP contribution in [-0.4, -0.2) is 45.0 Å². The van der Waals surface area contributed by atoms with Crippen LogP contribution in [0.25, 0.3) is 6.08 Å². The van der Waals surface area contributed by atoms with E-state index >= 15 is 0 Å². The smallest absolute Gasteiger partial charge is 0.343 e. The van der Waals surface area contributed by atoms with E-state index in [0.717, 1.165) is 11.1 Å². The van der Waals surface area contributed by atoms with Crippen molar-refractivity contribution in [2.24, 2.45) is 10.1 Å². The molecule has 0 unspecified atom stereocenters. The van der Waals surface area contributed by atoms with Gasteiger partial charge in [-0.3, -0.25) is 15.2 Å². The Morgan fingerprint density at radius 2 is 1.85 bits per heavy atom. The lowest BCUT2D eigenvalue weighted by molar-refractivity contribution is -0.114. The van der Waals surface area contributed by atoms with Crippen molar-refractivity contribution in [2.75, 3.05) is 7.11 Å². The van der Waals surface area contributed by atoms with E-state index in [1.165, 1.54) is 30.0 Å². The van der Waals surface area contributed by atoms with E-state index < -0.39 is 11.9 Å². The van der Waals surface area contributed by atoms with Crippen LogP contribution in [0.1, 0.15) is 47.8 Å². The van der Waals surface area contributed by atoms with Crippen LogP contribution < -0.4 is 9.47 Å². The average molecular weight is 540 g/mol. The van der Waals surface area contributed by atoms with Crippen LogP contribution in [-0.2, 0) is 10.2 Å². The Kier molecular flexibility index (Phi) is 6.88. The summed E-state index contributed by atoms with van der Waals surface area (Å²) < 4.78 is 11.0. The molecule has 0 radical (unpaired) electrons. The summed E-state index contributed by atoms with van der Waals surface area (Å²) in [4.78, 5) is 33.8. The number of benzene rings is 2. The molecule has 196 valence electrons. The molecule has 0 atom stereocenters. The second-order valence-electron chi connectivity index (χ2n) is 9.79. The fourth-order valence-electron chi connectivity index (χ4n) is 3.89. The Labute approximate surface area is 229 Å². The van der Waals surface area contributed by atoms with Gasteiger partial charge in [0.25, 0.3) is 5.91 Å². The summed E-state index contributed by atoms with van der Waals surface area (Å²) in [6.45, 7) is 6.31. The van der Waals surface area contributed by atoms with E-state index in [1.54, 1.807) is 48.8 Å². The van der Waals surface area contributed by atoms with E-state index in [2.05, 4.69) is 35.8 Å². The molecule has 39 heavy (non-hydrogen) atoms. The van der Waals surface area contributed by atoms with Crippen LogP contribution in [0, 0.1) is 5.41 Å². The number of carbonyl (C=O) groups excluding carboxylic acids is 2. The number of esters is 1. The maximum atomic E-state index is 12.8. The second kappa shape index (κ2) is 10.3. The average Bonchev–Trinajstić information content (AvgIpc) is 3.36. The predicted molar refractivity (Wildman–Crippen MR) is 151 cm³/mol. The topological polar surface area (TPSA) is 117 Å². The number of hydrogen-bond acceptors (Lipinski definition) is 8. The lowest BCUT2D eigenvalue weighted by Gasteiger charge is -2.20. The highest BCUT2D eigenvalue weighted by molar-refractivity contribution is 8.27. The fraction of sp³-hybridized carbons (Fsp3) is 0.172. The molecule has 10 heteroatoms. The number of pyridine rings is 1. The van der Waals surface area contributed by atoms with Crippen molar-refractivity contribution in [3.63, 3.8) is 0 Å². The number of hydrogen-bond donors (Lipinski definition) is 1. The molecule has 0 fully saturated rings. The molecule has 3 aromatic rings. The van der Waals surface area contributed by atoms with Crippen molar-refractivity contribution in [3.05, 3.63) is 94.8 Å². The van der Waals surface area contributed by atoms with Crippen LogP contribution >= 0.6 is 11.8 Å². The number of amidine groups is 2. The van der Waals surface area contributed by atoms with Crippen LogP contribution in [0.2, 0.25) is 0 Å². The molecule has 2 aliphatic rings. The van der Waals surface area contributed by atoms with Crippen LogP contribution in [0.5, 0.6) is 11.5 Å². The van der Waals surface area contributed by atoms with Gasteiger partial charge in [-0.1, -0.05) is 39.0 Å². The number of aromatic nitrogens is 1. The molecule has 0 spiro atoms. The molecule has 1 N–H and O–H groups in total. The van der Waals surface area contributed by atoms with Gasteiger partial charge in [0.05, 0.1) is 18.2 Å². The summed E-state index contributed by atoms with van der Waals surface area (Å²) in [6, 6.07) is 15.8. The Morgan fingerprint density at radius 1 is 1.08 bits per heavy atom. The summed E-state index contributed by atoms with van der Waals surface area (Å²) in [7, 11) is 1.46. The Balaban J connectivity index is 1.36. The largest absolute Gasteiger partial charge is 0.493 e. The summed E-state index contributed by atoms with van der Waals surface area (Å²) >= 11 is 1.21. The molecular formula is C29H25N5O4S. The number of methoxy groups -OCH3 is 1. The summed E-state index contributed by atoms with van der Waals surface area (Å²) in [5.41, 5.74) is 2.91. The number of hydrazone groups is 1. The SMILES string of the molecule is COc1cc(/C=C2/C(=N)N3N=C(c4cccnc4)SC3=NC2=O)ccc1OC(=O)c1ccc(C(C)(C)C)cc1. The van der Waals surface area contributed by atoms with Gasteiger partial charge in [0.1, 0.15) is 5.04 Å². The molecule has 5 rings (SSSR count). The number of nitrogens with one attached hydrogen (secondary N) is 1. The van der Waals surface area contributed by atoms with E-state index in [0.29, 0.717) is 27.1 Å². The third-order valence-electron chi connectivity index (χ3n) is 6.05. The maximum Gasteiger partial charge on any atom is 0.343 e. The van der Waals surface area contributed by atoms with Gasteiger partial charge in [-0.2, -0.15) is 15.1 Å². The van der Waals surface area contributed by atoms with E-state index in [4.69, 9.17) is 14.9 Å².